The van der Waals surface area contributed by atoms with E-state index in [1.807, 2.05) is 13.0 Å². The van der Waals surface area contributed by atoms with Crippen LogP contribution in [0.4, 0.5) is 4.39 Å². The second-order valence-electron chi connectivity index (χ2n) is 9.53. The van der Waals surface area contributed by atoms with Crippen molar-refractivity contribution in [2.45, 2.75) is 57.5 Å². The minimum atomic E-state index is -0.474. The van der Waals surface area contributed by atoms with Crippen LogP contribution in [0.25, 0.3) is 22.2 Å². The molecule has 2 aliphatic rings. The van der Waals surface area contributed by atoms with E-state index in [0.29, 0.717) is 40.4 Å². The van der Waals surface area contributed by atoms with E-state index in [1.54, 1.807) is 12.3 Å². The van der Waals surface area contributed by atoms with Gasteiger partial charge in [0.15, 0.2) is 11.6 Å². The number of carbonyl (C=O) groups is 1. The van der Waals surface area contributed by atoms with Crippen LogP contribution in [0.3, 0.4) is 0 Å². The molecule has 9 heteroatoms. The van der Waals surface area contributed by atoms with Gasteiger partial charge in [-0.05, 0) is 63.5 Å². The first-order valence-corrected chi connectivity index (χ1v) is 12.0. The van der Waals surface area contributed by atoms with Crippen LogP contribution < -0.4 is 20.5 Å². The van der Waals surface area contributed by atoms with Gasteiger partial charge >= 0.3 is 0 Å². The summed E-state index contributed by atoms with van der Waals surface area (Å²) >= 11 is 0. The summed E-state index contributed by atoms with van der Waals surface area (Å²) in [4.78, 5) is 21.1. The average Bonchev–Trinajstić information content (AvgIpc) is 3.59. The maximum Gasteiger partial charge on any atom is 0.255 e. The number of fused-ring (bicyclic) bond motifs is 1. The van der Waals surface area contributed by atoms with Gasteiger partial charge in [0, 0.05) is 41.2 Å². The van der Waals surface area contributed by atoms with Crippen molar-refractivity contribution < 1.29 is 18.7 Å². The zero-order chi connectivity index (χ0) is 23.8. The Balaban J connectivity index is 0.00000289. The minimum absolute atomic E-state index is 0. The summed E-state index contributed by atoms with van der Waals surface area (Å²) in [5.74, 6) is 0.598. The Kier molecular flexibility index (Phi) is 7.52. The molecule has 2 aliphatic carbocycles. The Morgan fingerprint density at radius 1 is 1.17 bits per heavy atom. The number of methoxy groups -OCH3 is 1. The maximum absolute atomic E-state index is 14.7. The minimum Gasteiger partial charge on any atom is -0.494 e. The van der Waals surface area contributed by atoms with E-state index >= 15 is 0 Å². The van der Waals surface area contributed by atoms with E-state index in [9.17, 15) is 9.18 Å². The van der Waals surface area contributed by atoms with Crippen LogP contribution in [0.1, 0.15) is 54.6 Å². The molecular weight excluding hydrogens is 471 g/mol. The van der Waals surface area contributed by atoms with E-state index in [2.05, 4.69) is 15.3 Å². The first-order valence-electron chi connectivity index (χ1n) is 12.0. The standard InChI is InChI=1S/C26H31FN4O3.ClH/c1-14-23(26(32)31-17-7-5-16(28)6-8-17)25-24(30-14)18(9-10-29-25)19-11-20(27)22(33-2)12-21(19)34-13-15-3-4-15;/h9-12,15-17,30H,3-8,13,28H2,1-2H3,(H,31,32);1H/t16-,17+;. The van der Waals surface area contributed by atoms with Gasteiger partial charge in [0.1, 0.15) is 11.3 Å². The molecule has 0 bridgehead atoms. The van der Waals surface area contributed by atoms with E-state index in [-0.39, 0.29) is 36.1 Å². The van der Waals surface area contributed by atoms with E-state index in [1.165, 1.54) is 13.2 Å². The van der Waals surface area contributed by atoms with Crippen LogP contribution in [-0.2, 0) is 0 Å². The quantitative estimate of drug-likeness (QED) is 0.426. The van der Waals surface area contributed by atoms with Crippen molar-refractivity contribution in [2.24, 2.45) is 11.7 Å². The lowest BCUT2D eigenvalue weighted by molar-refractivity contribution is 0.0927. The second-order valence-corrected chi connectivity index (χ2v) is 9.53. The van der Waals surface area contributed by atoms with Crippen molar-refractivity contribution in [1.82, 2.24) is 15.3 Å². The molecule has 0 spiro atoms. The SMILES string of the molecule is COc1cc(OCC2CC2)c(-c2ccnc3c(C(=O)N[C@H]4CC[C@@H](N)CC4)c(C)[nH]c23)cc1F.Cl. The number of benzene rings is 1. The number of H-pyrrole nitrogens is 1. The van der Waals surface area contributed by atoms with Crippen LogP contribution in [0.5, 0.6) is 11.5 Å². The number of aryl methyl sites for hydroxylation is 1. The normalized spacial score (nSPS) is 19.8. The number of nitrogens with zero attached hydrogens (tertiary/aromatic N) is 1. The number of ether oxygens (including phenoxy) is 2. The molecule has 0 atom stereocenters. The lowest BCUT2D eigenvalue weighted by atomic mass is 9.91. The van der Waals surface area contributed by atoms with E-state index in [4.69, 9.17) is 15.2 Å². The van der Waals surface area contributed by atoms with Crippen LogP contribution in [-0.4, -0.2) is 41.7 Å². The van der Waals surface area contributed by atoms with Crippen molar-refractivity contribution >= 4 is 29.3 Å². The number of hydrogen-bond acceptors (Lipinski definition) is 5. The van der Waals surface area contributed by atoms with Gasteiger partial charge in [0.25, 0.3) is 5.91 Å². The first-order chi connectivity index (χ1) is 16.4. The summed E-state index contributed by atoms with van der Waals surface area (Å²) in [6.45, 7) is 2.44. The van der Waals surface area contributed by atoms with Crippen LogP contribution >= 0.6 is 12.4 Å². The molecule has 2 heterocycles. The van der Waals surface area contributed by atoms with Crippen molar-refractivity contribution in [3.8, 4) is 22.6 Å². The van der Waals surface area contributed by atoms with Gasteiger partial charge in [-0.3, -0.25) is 9.78 Å². The highest BCUT2D eigenvalue weighted by atomic mass is 35.5. The van der Waals surface area contributed by atoms with E-state index in [0.717, 1.165) is 49.8 Å². The largest absolute Gasteiger partial charge is 0.494 e. The van der Waals surface area contributed by atoms with Crippen LogP contribution in [0.2, 0.25) is 0 Å². The van der Waals surface area contributed by atoms with Crippen LogP contribution in [0, 0.1) is 18.7 Å². The van der Waals surface area contributed by atoms with Crippen LogP contribution in [0.15, 0.2) is 24.4 Å². The fourth-order valence-electron chi connectivity index (χ4n) is 4.74. The summed E-state index contributed by atoms with van der Waals surface area (Å²) in [5, 5.41) is 3.15. The molecule has 1 amide bonds. The monoisotopic (exact) mass is 502 g/mol. The third kappa shape index (κ3) is 5.23. The molecular formula is C26H32ClFN4O3. The molecule has 0 saturated heterocycles. The Hall–Kier alpha value is -2.84. The molecule has 5 rings (SSSR count). The zero-order valence-corrected chi connectivity index (χ0v) is 20.8. The van der Waals surface area contributed by atoms with Gasteiger partial charge in [-0.25, -0.2) is 4.39 Å². The molecule has 2 saturated carbocycles. The topological polar surface area (TPSA) is 102 Å². The maximum atomic E-state index is 14.7. The highest BCUT2D eigenvalue weighted by Gasteiger charge is 2.26. The number of hydrogen-bond donors (Lipinski definition) is 3. The second kappa shape index (κ2) is 10.4. The highest BCUT2D eigenvalue weighted by Crippen LogP contribution is 2.40. The number of nitrogens with one attached hydrogen (secondary N) is 2. The molecule has 2 aromatic heterocycles. The molecule has 0 aliphatic heterocycles. The number of carbonyl (C=O) groups excluding carboxylic acids is 1. The van der Waals surface area contributed by atoms with Crippen molar-refractivity contribution in [3.05, 3.63) is 41.5 Å². The fourth-order valence-corrected chi connectivity index (χ4v) is 4.74. The molecule has 35 heavy (non-hydrogen) atoms. The number of aromatic nitrogens is 2. The smallest absolute Gasteiger partial charge is 0.255 e. The molecule has 188 valence electrons. The van der Waals surface area contributed by atoms with Gasteiger partial charge in [-0.2, -0.15) is 0 Å². The number of nitrogens with two attached hydrogens (primary N) is 1. The Bertz CT molecular complexity index is 1220. The van der Waals surface area contributed by atoms with Crippen molar-refractivity contribution in [2.75, 3.05) is 13.7 Å². The Morgan fingerprint density at radius 3 is 2.60 bits per heavy atom. The van der Waals surface area contributed by atoms with E-state index < -0.39 is 5.82 Å². The zero-order valence-electron chi connectivity index (χ0n) is 20.0. The van der Waals surface area contributed by atoms with Gasteiger partial charge in [0.05, 0.1) is 24.8 Å². The Labute approximate surface area is 210 Å². The number of pyridine rings is 1. The predicted molar refractivity (Wildman–Crippen MR) is 136 cm³/mol. The van der Waals surface area contributed by atoms with Gasteiger partial charge in [-0.15, -0.1) is 12.4 Å². The summed E-state index contributed by atoms with van der Waals surface area (Å²) in [5.41, 5.74) is 9.79. The molecule has 4 N–H and O–H groups in total. The predicted octanol–water partition coefficient (Wildman–Crippen LogP) is 4.90. The fraction of sp³-hybridized carbons (Fsp3) is 0.462. The molecule has 7 nitrogen and oxygen atoms in total. The lowest BCUT2D eigenvalue weighted by Crippen LogP contribution is -2.40. The molecule has 1 aromatic carbocycles. The lowest BCUT2D eigenvalue weighted by Gasteiger charge is -2.26. The summed E-state index contributed by atoms with van der Waals surface area (Å²) < 4.78 is 26.0. The highest BCUT2D eigenvalue weighted by molar-refractivity contribution is 6.09. The summed E-state index contributed by atoms with van der Waals surface area (Å²) in [6.07, 6.45) is 7.51. The number of rotatable bonds is 7. The summed E-state index contributed by atoms with van der Waals surface area (Å²) in [6, 6.07) is 5.16. The van der Waals surface area contributed by atoms with Crippen molar-refractivity contribution in [3.63, 3.8) is 0 Å². The number of amides is 1. The average molecular weight is 503 g/mol. The number of aromatic amines is 1. The number of halogens is 2. The third-order valence-electron chi connectivity index (χ3n) is 6.93. The third-order valence-corrected chi connectivity index (χ3v) is 6.93. The molecule has 0 radical (unpaired) electrons. The van der Waals surface area contributed by atoms with Gasteiger partial charge in [0.2, 0.25) is 0 Å². The summed E-state index contributed by atoms with van der Waals surface area (Å²) in [7, 11) is 1.44. The van der Waals surface area contributed by atoms with Gasteiger partial charge in [-0.1, -0.05) is 0 Å². The molecule has 0 unspecified atom stereocenters. The Morgan fingerprint density at radius 2 is 1.91 bits per heavy atom. The molecule has 3 aromatic rings. The molecule has 2 fully saturated rings. The first kappa shape index (κ1) is 25.3. The van der Waals surface area contributed by atoms with Crippen molar-refractivity contribution in [1.29, 1.82) is 0 Å². The van der Waals surface area contributed by atoms with Gasteiger partial charge < -0.3 is 25.5 Å².